The number of nitrogens with zero attached hydrogens (tertiary/aromatic N) is 2. The van der Waals surface area contributed by atoms with Crippen LogP contribution in [0.3, 0.4) is 0 Å². The molecular formula is C69H61BN2. The first-order chi connectivity index (χ1) is 35.0. The van der Waals surface area contributed by atoms with Crippen molar-refractivity contribution in [3.8, 4) is 44.9 Å². The summed E-state index contributed by atoms with van der Waals surface area (Å²) < 4.78 is 5.57. The molecule has 2 aromatic heterocycles. The lowest BCUT2D eigenvalue weighted by Gasteiger charge is -2.44. The third-order valence-corrected chi connectivity index (χ3v) is 19.6. The van der Waals surface area contributed by atoms with Gasteiger partial charge in [-0.15, -0.1) is 0 Å². The van der Waals surface area contributed by atoms with E-state index in [1.165, 1.54) is 179 Å². The maximum atomic E-state index is 2.85. The van der Waals surface area contributed by atoms with Gasteiger partial charge in [0.15, 0.2) is 0 Å². The van der Waals surface area contributed by atoms with Gasteiger partial charge in [-0.2, -0.15) is 0 Å². The smallest absolute Gasteiger partial charge is 0.252 e. The van der Waals surface area contributed by atoms with E-state index in [4.69, 9.17) is 0 Å². The Kier molecular flexibility index (Phi) is 8.25. The van der Waals surface area contributed by atoms with Gasteiger partial charge in [0, 0.05) is 44.1 Å². The van der Waals surface area contributed by atoms with Crippen LogP contribution in [-0.4, -0.2) is 15.8 Å². The molecule has 8 aromatic carbocycles. The van der Waals surface area contributed by atoms with Crippen LogP contribution in [0.4, 0.5) is 0 Å². The first-order valence-electron chi connectivity index (χ1n) is 27.3. The third kappa shape index (κ3) is 5.32. The lowest BCUT2D eigenvalue weighted by Crippen LogP contribution is -2.60. The number of aromatic nitrogens is 2. The monoisotopic (exact) mass is 928 g/mol. The maximum Gasteiger partial charge on any atom is 0.252 e. The Morgan fingerprint density at radius 2 is 1.03 bits per heavy atom. The lowest BCUT2D eigenvalue weighted by molar-refractivity contribution is 0.224. The second-order valence-corrected chi connectivity index (χ2v) is 24.9. The lowest BCUT2D eigenvalue weighted by atomic mass is 9.33. The van der Waals surface area contributed by atoms with Gasteiger partial charge in [-0.3, -0.25) is 0 Å². The average molecular weight is 929 g/mol. The maximum absolute atomic E-state index is 2.85. The molecule has 5 heterocycles. The second kappa shape index (κ2) is 14.2. The van der Waals surface area contributed by atoms with Gasteiger partial charge in [-0.1, -0.05) is 172 Å². The van der Waals surface area contributed by atoms with Crippen LogP contribution < -0.4 is 16.4 Å². The molecule has 2 nitrogen and oxygen atoms in total. The molecule has 350 valence electrons. The number of para-hydroxylation sites is 1. The van der Waals surface area contributed by atoms with Crippen LogP contribution in [-0.2, 0) is 5.41 Å². The number of fused-ring (bicyclic) bond motifs is 11. The predicted molar refractivity (Wildman–Crippen MR) is 303 cm³/mol. The van der Waals surface area contributed by atoms with Gasteiger partial charge in [0.25, 0.3) is 6.71 Å². The summed E-state index contributed by atoms with van der Waals surface area (Å²) in [6, 6.07) is 60.7. The molecule has 0 unspecified atom stereocenters. The highest BCUT2D eigenvalue weighted by molar-refractivity contribution is 7.00. The Labute approximate surface area is 424 Å². The number of hydrogen-bond donors (Lipinski definition) is 0. The van der Waals surface area contributed by atoms with Gasteiger partial charge in [-0.25, -0.2) is 0 Å². The Hall–Kier alpha value is -6.84. The Bertz CT molecular complexity index is 3960. The van der Waals surface area contributed by atoms with Crippen LogP contribution in [0.25, 0.3) is 77.6 Å². The first kappa shape index (κ1) is 41.7. The fraction of sp³-hybridized carbons (Fsp3) is 0.275. The first-order valence-corrected chi connectivity index (χ1v) is 27.3. The van der Waals surface area contributed by atoms with Crippen molar-refractivity contribution in [3.05, 3.63) is 196 Å². The van der Waals surface area contributed by atoms with Crippen molar-refractivity contribution in [3.63, 3.8) is 0 Å². The molecule has 0 saturated heterocycles. The van der Waals surface area contributed by atoms with E-state index >= 15 is 0 Å². The molecule has 10 aromatic rings. The Morgan fingerprint density at radius 3 is 1.65 bits per heavy atom. The molecule has 0 atom stereocenters. The zero-order chi connectivity index (χ0) is 48.2. The highest BCUT2D eigenvalue weighted by atomic mass is 15.1. The van der Waals surface area contributed by atoms with E-state index in [1.807, 2.05) is 0 Å². The minimum Gasteiger partial charge on any atom is -0.310 e. The summed E-state index contributed by atoms with van der Waals surface area (Å²) in [5.74, 6) is 1.08. The third-order valence-electron chi connectivity index (χ3n) is 19.6. The highest BCUT2D eigenvalue weighted by Gasteiger charge is 2.55. The molecule has 3 aliphatic carbocycles. The molecule has 1 spiro atoms. The molecule has 3 heteroatoms. The van der Waals surface area contributed by atoms with Crippen LogP contribution in [0, 0.1) is 24.7 Å². The normalized spacial score (nSPS) is 18.4. The fourth-order valence-corrected chi connectivity index (χ4v) is 16.0. The zero-order valence-electron chi connectivity index (χ0n) is 42.7. The van der Waals surface area contributed by atoms with Gasteiger partial charge >= 0.3 is 0 Å². The molecule has 2 fully saturated rings. The van der Waals surface area contributed by atoms with Gasteiger partial charge < -0.3 is 9.13 Å². The number of hydrogen-bond acceptors (Lipinski definition) is 0. The number of benzene rings is 8. The zero-order valence-corrected chi connectivity index (χ0v) is 42.7. The molecule has 0 N–H and O–H groups in total. The summed E-state index contributed by atoms with van der Waals surface area (Å²) in [6.07, 6.45) is 10.1. The number of aryl methyl sites for hydroxylation is 2. The van der Waals surface area contributed by atoms with E-state index in [0.29, 0.717) is 22.7 Å². The van der Waals surface area contributed by atoms with Crippen LogP contribution >= 0.6 is 0 Å². The van der Waals surface area contributed by atoms with E-state index < -0.39 is 5.41 Å². The van der Waals surface area contributed by atoms with Crippen molar-refractivity contribution < 1.29 is 0 Å². The molecule has 72 heavy (non-hydrogen) atoms. The quantitative estimate of drug-likeness (QED) is 0.156. The van der Waals surface area contributed by atoms with Crippen LogP contribution in [0.2, 0.25) is 0 Å². The van der Waals surface area contributed by atoms with Crippen LogP contribution in [0.15, 0.2) is 152 Å². The minimum atomic E-state index is -0.514. The molecule has 0 amide bonds. The van der Waals surface area contributed by atoms with Crippen LogP contribution in [0.5, 0.6) is 0 Å². The molecule has 3 aliphatic heterocycles. The van der Waals surface area contributed by atoms with E-state index in [9.17, 15) is 0 Å². The summed E-state index contributed by atoms with van der Waals surface area (Å²) in [6.45, 7) is 14.7. The summed E-state index contributed by atoms with van der Waals surface area (Å²) in [5.41, 5.74) is 31.1. The molecule has 16 rings (SSSR count). The van der Waals surface area contributed by atoms with Crippen molar-refractivity contribution in [2.75, 3.05) is 0 Å². The van der Waals surface area contributed by atoms with Crippen molar-refractivity contribution >= 4 is 55.8 Å². The molecule has 0 radical (unpaired) electrons. The number of rotatable bonds is 4. The second-order valence-electron chi connectivity index (χ2n) is 24.9. The fourth-order valence-electron chi connectivity index (χ4n) is 16.0. The molecular weight excluding hydrogens is 868 g/mol. The van der Waals surface area contributed by atoms with E-state index in [-0.39, 0.29) is 6.71 Å². The summed E-state index contributed by atoms with van der Waals surface area (Å²) in [5, 5.41) is 4.26. The summed E-state index contributed by atoms with van der Waals surface area (Å²) in [7, 11) is 0. The summed E-state index contributed by atoms with van der Waals surface area (Å²) in [4.78, 5) is 0. The van der Waals surface area contributed by atoms with Crippen molar-refractivity contribution in [1.82, 2.24) is 9.13 Å². The Balaban J connectivity index is 1.11. The SMILES string of the molecule is Cc1ccc2c(c1)C1(c3cc(C)ccc3-2)c2ccc3c4c2-n2c5c(cc(C6CCC(C)(C)CC6)cc5c5cc(C6CCC(C)(C)CC6)cc1c52)B4c1cccc2c(-c4ccccc4)c(-c4ccccc4)n-3c12. The summed E-state index contributed by atoms with van der Waals surface area (Å²) >= 11 is 0. The topological polar surface area (TPSA) is 9.86 Å². The molecule has 2 saturated carbocycles. The van der Waals surface area contributed by atoms with Crippen molar-refractivity contribution in [2.24, 2.45) is 10.8 Å². The molecule has 0 bridgehead atoms. The largest absolute Gasteiger partial charge is 0.310 e. The van der Waals surface area contributed by atoms with Gasteiger partial charge in [0.2, 0.25) is 0 Å². The van der Waals surface area contributed by atoms with Crippen molar-refractivity contribution in [1.29, 1.82) is 0 Å². The average Bonchev–Trinajstić information content (AvgIpc) is 4.01. The molecule has 6 aliphatic rings. The Morgan fingerprint density at radius 1 is 0.458 bits per heavy atom. The van der Waals surface area contributed by atoms with Gasteiger partial charge in [0.1, 0.15) is 0 Å². The van der Waals surface area contributed by atoms with Crippen molar-refractivity contribution in [2.45, 2.75) is 110 Å². The predicted octanol–water partition coefficient (Wildman–Crippen LogP) is 15.9. The van der Waals surface area contributed by atoms with Gasteiger partial charge in [-0.05, 0) is 178 Å². The van der Waals surface area contributed by atoms with Gasteiger partial charge in [0.05, 0.1) is 16.6 Å². The minimum absolute atomic E-state index is 0.0570. The van der Waals surface area contributed by atoms with E-state index in [2.05, 4.69) is 202 Å². The van der Waals surface area contributed by atoms with E-state index in [1.54, 1.807) is 11.1 Å². The van der Waals surface area contributed by atoms with Crippen LogP contribution in [0.1, 0.15) is 135 Å². The standard InChI is InChI=1S/C69H61BN2/c1-40-20-22-48-49-23-21-41(2)35-55(49)69(54(48)34-40)53-24-25-59-61-66(53)72-63-51(36-46(38-56(63)69)42-26-30-67(3,4)31-27-42)52-37-47(43-28-32-68(5,6)33-29-43)39-58(65(52)72)70(61)57-19-13-18-50-60(44-14-9-7-10-15-44)62(71(59)64(50)57)45-16-11-8-12-17-45/h7-25,34-39,42-43H,26-33H2,1-6H3. The van der Waals surface area contributed by atoms with E-state index in [0.717, 1.165) is 0 Å². The highest BCUT2D eigenvalue weighted by Crippen LogP contribution is 2.63.